The van der Waals surface area contributed by atoms with Gasteiger partial charge >= 0.3 is 11.9 Å². The third-order valence-electron chi connectivity index (χ3n) is 4.85. The standard InChI is InChI=1S/C20H24O7/c1-4-11(2)19(24)27-18-16-12(3)20(25)26-15(16)8-13(9-21)6-5-7-14(10-22)17(18)23/h4,7-8,10,15-18,21,23H,3,5-6,9H2,1-2H3/b11-4+,13-8+,14-7-/t15-,16+,17+,18?/m1/s1. The number of carbonyl (C=O) groups is 3. The molecule has 2 N–H and O–H groups in total. The number of hydrogen-bond acceptors (Lipinski definition) is 7. The van der Waals surface area contributed by atoms with E-state index in [1.54, 1.807) is 26.0 Å². The van der Waals surface area contributed by atoms with Crippen molar-refractivity contribution in [1.29, 1.82) is 0 Å². The van der Waals surface area contributed by atoms with Crippen molar-refractivity contribution in [2.24, 2.45) is 5.92 Å². The van der Waals surface area contributed by atoms with E-state index < -0.39 is 36.2 Å². The normalized spacial score (nSPS) is 33.1. The van der Waals surface area contributed by atoms with Gasteiger partial charge in [-0.3, -0.25) is 4.79 Å². The van der Waals surface area contributed by atoms with Crippen LogP contribution in [-0.2, 0) is 23.9 Å². The Bertz CT molecular complexity index is 729. The lowest BCUT2D eigenvalue weighted by atomic mass is 9.83. The molecule has 2 rings (SSSR count). The molecule has 1 unspecified atom stereocenters. The molecule has 7 nitrogen and oxygen atoms in total. The zero-order valence-corrected chi connectivity index (χ0v) is 15.4. The average molecular weight is 376 g/mol. The first-order chi connectivity index (χ1) is 12.8. The largest absolute Gasteiger partial charge is 0.455 e. The van der Waals surface area contributed by atoms with Crippen LogP contribution in [0.15, 0.2) is 47.1 Å². The van der Waals surface area contributed by atoms with Gasteiger partial charge in [-0.1, -0.05) is 18.7 Å². The van der Waals surface area contributed by atoms with Crippen molar-refractivity contribution in [3.63, 3.8) is 0 Å². The number of esters is 2. The Morgan fingerprint density at radius 3 is 2.78 bits per heavy atom. The van der Waals surface area contributed by atoms with Crippen LogP contribution in [0.4, 0.5) is 0 Å². The lowest BCUT2D eigenvalue weighted by molar-refractivity contribution is -0.153. The third-order valence-corrected chi connectivity index (χ3v) is 4.85. The minimum atomic E-state index is -1.45. The maximum atomic E-state index is 12.3. The van der Waals surface area contributed by atoms with Gasteiger partial charge in [-0.25, -0.2) is 9.59 Å². The molecule has 1 saturated heterocycles. The zero-order chi connectivity index (χ0) is 20.1. The van der Waals surface area contributed by atoms with Crippen molar-refractivity contribution in [1.82, 2.24) is 0 Å². The van der Waals surface area contributed by atoms with Crippen molar-refractivity contribution >= 4 is 18.2 Å². The van der Waals surface area contributed by atoms with Gasteiger partial charge in [0.1, 0.15) is 24.6 Å². The van der Waals surface area contributed by atoms with Crippen LogP contribution in [0.5, 0.6) is 0 Å². The molecule has 7 heteroatoms. The van der Waals surface area contributed by atoms with E-state index in [-0.39, 0.29) is 17.8 Å². The number of aldehydes is 1. The Morgan fingerprint density at radius 2 is 2.19 bits per heavy atom. The van der Waals surface area contributed by atoms with Crippen LogP contribution in [0.3, 0.4) is 0 Å². The van der Waals surface area contributed by atoms with Crippen LogP contribution in [0.25, 0.3) is 0 Å². The highest BCUT2D eigenvalue weighted by Gasteiger charge is 2.48. The first-order valence-electron chi connectivity index (χ1n) is 8.71. The van der Waals surface area contributed by atoms with Gasteiger partial charge in [0.15, 0.2) is 0 Å². The number of carbonyl (C=O) groups excluding carboxylic acids is 3. The first-order valence-corrected chi connectivity index (χ1v) is 8.71. The Labute approximate surface area is 157 Å². The lowest BCUT2D eigenvalue weighted by Gasteiger charge is -2.30. The molecule has 27 heavy (non-hydrogen) atoms. The van der Waals surface area contributed by atoms with Crippen LogP contribution in [-0.4, -0.2) is 53.4 Å². The van der Waals surface area contributed by atoms with Crippen molar-refractivity contribution in [2.45, 2.75) is 45.0 Å². The quantitative estimate of drug-likeness (QED) is 0.328. The molecule has 0 aromatic heterocycles. The van der Waals surface area contributed by atoms with E-state index in [0.717, 1.165) is 0 Å². The highest BCUT2D eigenvalue weighted by Crippen LogP contribution is 2.36. The number of aliphatic hydroxyl groups is 2. The SMILES string of the molecule is C=C1C(=O)O[C@@H]2/C=C(/CO)CC/C=C(/C=O)[C@H](O)C(OC(=O)/C(C)=C/C)[C@@H]12. The molecule has 1 aliphatic carbocycles. The molecule has 0 saturated carbocycles. The summed E-state index contributed by atoms with van der Waals surface area (Å²) >= 11 is 0. The van der Waals surface area contributed by atoms with Crippen molar-refractivity contribution in [3.8, 4) is 0 Å². The molecule has 1 aliphatic heterocycles. The number of allylic oxidation sites excluding steroid dienone is 2. The highest BCUT2D eigenvalue weighted by molar-refractivity contribution is 5.92. The molecule has 1 fully saturated rings. The van der Waals surface area contributed by atoms with Crippen molar-refractivity contribution < 1.29 is 34.1 Å². The molecule has 0 spiro atoms. The number of fused-ring (bicyclic) bond motifs is 1. The Hall–Kier alpha value is -2.51. The minimum Gasteiger partial charge on any atom is -0.455 e. The van der Waals surface area contributed by atoms with Crippen LogP contribution in [0.1, 0.15) is 26.7 Å². The predicted octanol–water partition coefficient (Wildman–Crippen LogP) is 1.16. The van der Waals surface area contributed by atoms with E-state index in [0.29, 0.717) is 30.3 Å². The molecule has 4 atom stereocenters. The summed E-state index contributed by atoms with van der Waals surface area (Å²) in [5.74, 6) is -2.24. The summed E-state index contributed by atoms with van der Waals surface area (Å²) in [5.41, 5.74) is 1.00. The molecule has 0 aromatic rings. The van der Waals surface area contributed by atoms with E-state index in [2.05, 4.69) is 6.58 Å². The van der Waals surface area contributed by atoms with E-state index in [1.807, 2.05) is 0 Å². The van der Waals surface area contributed by atoms with Crippen LogP contribution in [0, 0.1) is 5.92 Å². The Kier molecular flexibility index (Phi) is 6.87. The number of ether oxygens (including phenoxy) is 2. The second kappa shape index (κ2) is 8.92. The van der Waals surface area contributed by atoms with E-state index >= 15 is 0 Å². The molecular formula is C20H24O7. The second-order valence-electron chi connectivity index (χ2n) is 6.55. The van der Waals surface area contributed by atoms with Crippen LogP contribution in [0.2, 0.25) is 0 Å². The van der Waals surface area contributed by atoms with Crippen LogP contribution >= 0.6 is 0 Å². The molecule has 0 amide bonds. The Morgan fingerprint density at radius 1 is 1.48 bits per heavy atom. The summed E-state index contributed by atoms with van der Waals surface area (Å²) in [4.78, 5) is 35.9. The van der Waals surface area contributed by atoms with Gasteiger partial charge in [0, 0.05) is 16.7 Å². The van der Waals surface area contributed by atoms with Gasteiger partial charge in [-0.2, -0.15) is 0 Å². The van der Waals surface area contributed by atoms with Crippen molar-refractivity contribution in [2.75, 3.05) is 6.61 Å². The summed E-state index contributed by atoms with van der Waals surface area (Å²) in [5, 5.41) is 20.3. The molecule has 0 bridgehead atoms. The molecular weight excluding hydrogens is 352 g/mol. The summed E-state index contributed by atoms with van der Waals surface area (Å²) in [6.07, 6.45) is 2.43. The van der Waals surface area contributed by atoms with Gasteiger partial charge in [0.2, 0.25) is 0 Å². The second-order valence-corrected chi connectivity index (χ2v) is 6.55. The fourth-order valence-electron chi connectivity index (χ4n) is 3.10. The van der Waals surface area contributed by atoms with Gasteiger partial charge in [-0.15, -0.1) is 0 Å². The van der Waals surface area contributed by atoms with Gasteiger partial charge < -0.3 is 19.7 Å². The summed E-state index contributed by atoms with van der Waals surface area (Å²) < 4.78 is 10.8. The minimum absolute atomic E-state index is 0.0364. The smallest absolute Gasteiger partial charge is 0.334 e. The van der Waals surface area contributed by atoms with E-state index in [4.69, 9.17) is 9.47 Å². The maximum absolute atomic E-state index is 12.3. The highest BCUT2D eigenvalue weighted by atomic mass is 16.6. The number of rotatable bonds is 4. The molecule has 0 radical (unpaired) electrons. The number of aliphatic hydroxyl groups excluding tert-OH is 2. The third kappa shape index (κ3) is 4.43. The van der Waals surface area contributed by atoms with E-state index in [1.165, 1.54) is 6.08 Å². The zero-order valence-electron chi connectivity index (χ0n) is 15.4. The fourth-order valence-corrected chi connectivity index (χ4v) is 3.10. The van der Waals surface area contributed by atoms with E-state index in [9.17, 15) is 24.6 Å². The molecule has 146 valence electrons. The summed E-state index contributed by atoms with van der Waals surface area (Å²) in [7, 11) is 0. The predicted molar refractivity (Wildman–Crippen MR) is 96.4 cm³/mol. The molecule has 1 heterocycles. The van der Waals surface area contributed by atoms with Crippen molar-refractivity contribution in [3.05, 3.63) is 47.1 Å². The van der Waals surface area contributed by atoms with Gasteiger partial charge in [0.25, 0.3) is 0 Å². The fraction of sp³-hybridized carbons (Fsp3) is 0.450. The maximum Gasteiger partial charge on any atom is 0.334 e. The summed E-state index contributed by atoms with van der Waals surface area (Å²) in [6.45, 7) is 6.68. The number of hydrogen-bond donors (Lipinski definition) is 2. The average Bonchev–Trinajstić information content (AvgIpc) is 2.94. The molecule has 0 aromatic carbocycles. The Balaban J connectivity index is 2.54. The van der Waals surface area contributed by atoms with Crippen LogP contribution < -0.4 is 0 Å². The molecule has 2 aliphatic rings. The first kappa shape index (κ1) is 20.8. The topological polar surface area (TPSA) is 110 Å². The monoisotopic (exact) mass is 376 g/mol. The van der Waals surface area contributed by atoms with Gasteiger partial charge in [0.05, 0.1) is 12.5 Å². The van der Waals surface area contributed by atoms with Gasteiger partial charge in [-0.05, 0) is 38.3 Å². The lowest BCUT2D eigenvalue weighted by Crippen LogP contribution is -2.43. The summed E-state index contributed by atoms with van der Waals surface area (Å²) in [6, 6.07) is 0.